The lowest BCUT2D eigenvalue weighted by molar-refractivity contribution is -0.117. The van der Waals surface area contributed by atoms with Crippen LogP contribution >= 0.6 is 11.8 Å². The largest absolute Gasteiger partial charge is 0.321 e. The zero-order valence-corrected chi connectivity index (χ0v) is 21.3. The maximum Gasteiger partial charge on any atom is 0.269 e. The molecule has 3 aromatic carbocycles. The fourth-order valence-corrected chi connectivity index (χ4v) is 5.37. The van der Waals surface area contributed by atoms with Gasteiger partial charge in [-0.1, -0.05) is 85.3 Å². The van der Waals surface area contributed by atoms with Gasteiger partial charge in [0.15, 0.2) is 0 Å². The first-order chi connectivity index (χ1) is 17.5. The number of nitrogens with zero attached hydrogens (tertiary/aromatic N) is 2. The maximum absolute atomic E-state index is 13.6. The number of nitrogens with one attached hydrogen (secondary N) is 1. The van der Waals surface area contributed by atoms with Gasteiger partial charge in [0.1, 0.15) is 16.7 Å². The number of thioether (sulfide) groups is 1. The van der Waals surface area contributed by atoms with E-state index in [9.17, 15) is 14.9 Å². The van der Waals surface area contributed by atoms with Gasteiger partial charge in [0.25, 0.3) is 5.91 Å². The fraction of sp³-hybridized carbons (Fsp3) is 0.233. The number of unbranched alkanes of at least 4 members (excludes halogenated alkanes) is 1. The SMILES string of the molecule is CCCCc1ccc(CC2S/C(=C(\C#N)C(=O)Nc3ccc(C)cc3)N(c3ccccc3)C2=O)cc1. The van der Waals surface area contributed by atoms with Crippen molar-refractivity contribution in [3.8, 4) is 6.07 Å². The number of nitriles is 1. The molecular weight excluding hydrogens is 466 g/mol. The van der Waals surface area contributed by atoms with Gasteiger partial charge in [0.05, 0.1) is 5.25 Å². The van der Waals surface area contributed by atoms with Gasteiger partial charge >= 0.3 is 0 Å². The number of anilines is 2. The second kappa shape index (κ2) is 11.7. The molecule has 0 saturated carbocycles. The minimum atomic E-state index is -0.529. The molecule has 36 heavy (non-hydrogen) atoms. The Labute approximate surface area is 216 Å². The lowest BCUT2D eigenvalue weighted by Crippen LogP contribution is -2.30. The van der Waals surface area contributed by atoms with E-state index in [2.05, 4.69) is 42.6 Å². The number of aryl methyl sites for hydroxylation is 2. The van der Waals surface area contributed by atoms with Crippen LogP contribution in [0.3, 0.4) is 0 Å². The molecule has 0 spiro atoms. The fourth-order valence-electron chi connectivity index (χ4n) is 4.07. The minimum absolute atomic E-state index is 0.0739. The number of hydrogen-bond donors (Lipinski definition) is 1. The second-order valence-electron chi connectivity index (χ2n) is 8.85. The molecular formula is C30H29N3O2S. The number of benzene rings is 3. The summed E-state index contributed by atoms with van der Waals surface area (Å²) in [5, 5.41) is 12.7. The van der Waals surface area contributed by atoms with E-state index in [0.717, 1.165) is 30.4 Å². The average Bonchev–Trinajstić information content (AvgIpc) is 3.21. The average molecular weight is 496 g/mol. The topological polar surface area (TPSA) is 73.2 Å². The van der Waals surface area contributed by atoms with Crippen LogP contribution in [-0.2, 0) is 22.4 Å². The van der Waals surface area contributed by atoms with E-state index in [-0.39, 0.29) is 11.5 Å². The highest BCUT2D eigenvalue weighted by molar-refractivity contribution is 8.05. The van der Waals surface area contributed by atoms with E-state index in [1.807, 2.05) is 49.4 Å². The standard InChI is InChI=1S/C30H29N3O2S/c1-3-4-8-22-13-15-23(16-14-22)19-27-29(35)33(25-9-6-5-7-10-25)30(36-27)26(20-31)28(34)32-24-17-11-21(2)12-18-24/h5-7,9-18,27H,3-4,8,19H2,1-2H3,(H,32,34)/b30-26+. The van der Waals surface area contributed by atoms with E-state index < -0.39 is 11.2 Å². The maximum atomic E-state index is 13.6. The van der Waals surface area contributed by atoms with E-state index >= 15 is 0 Å². The third kappa shape index (κ3) is 5.87. The molecule has 6 heteroatoms. The predicted molar refractivity (Wildman–Crippen MR) is 147 cm³/mol. The quantitative estimate of drug-likeness (QED) is 0.290. The van der Waals surface area contributed by atoms with Crippen LogP contribution < -0.4 is 10.2 Å². The highest BCUT2D eigenvalue weighted by Crippen LogP contribution is 2.42. The third-order valence-corrected chi connectivity index (χ3v) is 7.36. The van der Waals surface area contributed by atoms with Gasteiger partial charge in [-0.3, -0.25) is 14.5 Å². The Morgan fingerprint density at radius 3 is 2.31 bits per heavy atom. The molecule has 4 rings (SSSR count). The van der Waals surface area contributed by atoms with Crippen LogP contribution in [0, 0.1) is 18.3 Å². The summed E-state index contributed by atoms with van der Waals surface area (Å²) in [5.41, 5.74) is 4.57. The van der Waals surface area contributed by atoms with E-state index in [1.54, 1.807) is 12.1 Å². The highest BCUT2D eigenvalue weighted by Gasteiger charge is 2.40. The van der Waals surface area contributed by atoms with Crippen LogP contribution in [0.5, 0.6) is 0 Å². The molecule has 0 bridgehead atoms. The number of para-hydroxylation sites is 1. The summed E-state index contributed by atoms with van der Waals surface area (Å²) in [6.45, 7) is 4.14. The molecule has 1 aliphatic heterocycles. The molecule has 0 aliphatic carbocycles. The van der Waals surface area contributed by atoms with Crippen LogP contribution in [0.15, 0.2) is 89.5 Å². The zero-order chi connectivity index (χ0) is 25.5. The summed E-state index contributed by atoms with van der Waals surface area (Å²) < 4.78 is 0. The number of rotatable bonds is 8. The summed E-state index contributed by atoms with van der Waals surface area (Å²) in [6.07, 6.45) is 3.86. The van der Waals surface area contributed by atoms with Crippen LogP contribution in [0.4, 0.5) is 11.4 Å². The van der Waals surface area contributed by atoms with E-state index in [0.29, 0.717) is 22.8 Å². The Hall–Kier alpha value is -3.82. The van der Waals surface area contributed by atoms with Crippen molar-refractivity contribution in [3.63, 3.8) is 0 Å². The van der Waals surface area contributed by atoms with Gasteiger partial charge in [-0.05, 0) is 61.6 Å². The molecule has 5 nitrogen and oxygen atoms in total. The third-order valence-electron chi connectivity index (χ3n) is 6.09. The van der Waals surface area contributed by atoms with Gasteiger partial charge in [-0.2, -0.15) is 5.26 Å². The minimum Gasteiger partial charge on any atom is -0.321 e. The van der Waals surface area contributed by atoms with Gasteiger partial charge in [-0.15, -0.1) is 0 Å². The Morgan fingerprint density at radius 1 is 1.00 bits per heavy atom. The van der Waals surface area contributed by atoms with E-state index in [1.165, 1.54) is 22.2 Å². The number of amides is 2. The summed E-state index contributed by atoms with van der Waals surface area (Å²) in [7, 11) is 0. The molecule has 1 atom stereocenters. The number of hydrogen-bond acceptors (Lipinski definition) is 4. The number of carbonyl (C=O) groups excluding carboxylic acids is 2. The van der Waals surface area contributed by atoms with Crippen molar-refractivity contribution in [2.24, 2.45) is 0 Å². The van der Waals surface area contributed by atoms with Crippen LogP contribution in [0.2, 0.25) is 0 Å². The monoisotopic (exact) mass is 495 g/mol. The first kappa shape index (κ1) is 25.3. The smallest absolute Gasteiger partial charge is 0.269 e. The first-order valence-corrected chi connectivity index (χ1v) is 13.0. The molecule has 1 heterocycles. The van der Waals surface area contributed by atoms with Crippen molar-refractivity contribution in [1.29, 1.82) is 5.26 Å². The molecule has 1 saturated heterocycles. The van der Waals surface area contributed by atoms with Crippen LogP contribution in [0.25, 0.3) is 0 Å². The summed E-state index contributed by atoms with van der Waals surface area (Å²) in [5.74, 6) is -0.661. The predicted octanol–water partition coefficient (Wildman–Crippen LogP) is 6.40. The molecule has 3 aromatic rings. The van der Waals surface area contributed by atoms with Gasteiger partial charge in [0.2, 0.25) is 5.91 Å². The zero-order valence-electron chi connectivity index (χ0n) is 20.5. The Balaban J connectivity index is 1.63. The Morgan fingerprint density at radius 2 is 1.67 bits per heavy atom. The van der Waals surface area contributed by atoms with Crippen LogP contribution in [0.1, 0.15) is 36.5 Å². The first-order valence-electron chi connectivity index (χ1n) is 12.2. The lowest BCUT2D eigenvalue weighted by atomic mass is 10.0. The highest BCUT2D eigenvalue weighted by atomic mass is 32.2. The van der Waals surface area contributed by atoms with Gasteiger partial charge < -0.3 is 5.32 Å². The van der Waals surface area contributed by atoms with Crippen molar-refractivity contribution in [1.82, 2.24) is 0 Å². The molecule has 1 N–H and O–H groups in total. The molecule has 0 radical (unpaired) electrons. The lowest BCUT2D eigenvalue weighted by Gasteiger charge is -2.18. The summed E-state index contributed by atoms with van der Waals surface area (Å²) in [4.78, 5) is 28.3. The number of carbonyl (C=O) groups is 2. The Bertz CT molecular complexity index is 1290. The Kier molecular flexibility index (Phi) is 8.24. The molecule has 0 aromatic heterocycles. The molecule has 1 unspecified atom stereocenters. The molecule has 1 aliphatic rings. The van der Waals surface area contributed by atoms with Crippen molar-refractivity contribution in [2.75, 3.05) is 10.2 Å². The van der Waals surface area contributed by atoms with E-state index in [4.69, 9.17) is 0 Å². The van der Waals surface area contributed by atoms with Crippen molar-refractivity contribution < 1.29 is 9.59 Å². The van der Waals surface area contributed by atoms with Gasteiger partial charge in [0, 0.05) is 11.4 Å². The van der Waals surface area contributed by atoms with Crippen molar-refractivity contribution >= 4 is 35.0 Å². The second-order valence-corrected chi connectivity index (χ2v) is 10.0. The molecule has 2 amide bonds. The summed E-state index contributed by atoms with van der Waals surface area (Å²) in [6, 6.07) is 27.0. The van der Waals surface area contributed by atoms with Crippen LogP contribution in [-0.4, -0.2) is 17.1 Å². The van der Waals surface area contributed by atoms with Crippen molar-refractivity contribution in [3.05, 3.63) is 106 Å². The normalized spacial score (nSPS) is 16.5. The summed E-state index contributed by atoms with van der Waals surface area (Å²) >= 11 is 1.28. The molecule has 1 fully saturated rings. The van der Waals surface area contributed by atoms with Crippen molar-refractivity contribution in [2.45, 2.75) is 44.8 Å². The molecule has 182 valence electrons. The van der Waals surface area contributed by atoms with Gasteiger partial charge in [-0.25, -0.2) is 0 Å².